The third kappa shape index (κ3) is 1.99. The molecule has 0 amide bonds. The first kappa shape index (κ1) is 10.9. The van der Waals surface area contributed by atoms with Crippen LogP contribution in [0.25, 0.3) is 0 Å². The lowest BCUT2D eigenvalue weighted by Crippen LogP contribution is -1.98. The zero-order chi connectivity index (χ0) is 10.7. The summed E-state index contributed by atoms with van der Waals surface area (Å²) in [5.41, 5.74) is -0.737. The maximum atomic E-state index is 12.4. The van der Waals surface area contributed by atoms with Crippen molar-refractivity contribution in [1.29, 1.82) is 5.26 Å². The average Bonchev–Trinajstić information content (AvgIpc) is 2.15. The molecule has 0 fully saturated rings. The van der Waals surface area contributed by atoms with E-state index in [0.29, 0.717) is 0 Å². The van der Waals surface area contributed by atoms with Crippen molar-refractivity contribution in [2.75, 3.05) is 7.11 Å². The van der Waals surface area contributed by atoms with Gasteiger partial charge in [-0.15, -0.1) is 0 Å². The lowest BCUT2D eigenvalue weighted by Gasteiger charge is -2.06. The molecule has 0 aromatic carbocycles. The Balaban J connectivity index is 3.37. The van der Waals surface area contributed by atoms with Gasteiger partial charge < -0.3 is 4.74 Å². The highest BCUT2D eigenvalue weighted by Gasteiger charge is 2.19. The topological polar surface area (TPSA) is 45.9 Å². The summed E-state index contributed by atoms with van der Waals surface area (Å²) < 4.78 is 29.8. The average molecular weight is 263 g/mol. The molecule has 0 aliphatic carbocycles. The van der Waals surface area contributed by atoms with E-state index in [-0.39, 0.29) is 16.0 Å². The van der Waals surface area contributed by atoms with Gasteiger partial charge in [0.25, 0.3) is 6.43 Å². The summed E-state index contributed by atoms with van der Waals surface area (Å²) in [5.74, 6) is 0.123. The van der Waals surface area contributed by atoms with Gasteiger partial charge in [-0.2, -0.15) is 5.26 Å². The predicted molar refractivity (Wildman–Crippen MR) is 48.2 cm³/mol. The van der Waals surface area contributed by atoms with Crippen LogP contribution in [0.1, 0.15) is 17.7 Å². The summed E-state index contributed by atoms with van der Waals surface area (Å²) in [5, 5.41) is 8.59. The Hall–Kier alpha value is -1.22. The first-order valence-corrected chi connectivity index (χ1v) is 4.32. The van der Waals surface area contributed by atoms with Gasteiger partial charge in [0, 0.05) is 10.5 Å². The van der Waals surface area contributed by atoms with Gasteiger partial charge in [-0.05, 0) is 0 Å². The number of ether oxygens (including phenoxy) is 1. The van der Waals surface area contributed by atoms with Crippen molar-refractivity contribution in [2.24, 2.45) is 0 Å². The van der Waals surface area contributed by atoms with Crippen molar-refractivity contribution >= 4 is 15.9 Å². The van der Waals surface area contributed by atoms with Crippen LogP contribution < -0.4 is 4.74 Å². The standard InChI is InChI=1S/C8H5BrF2N2O/c1-14-6-2-4(9)7(8(10)11)5(3-12)13-6/h2,8H,1H3. The molecule has 74 valence electrons. The van der Waals surface area contributed by atoms with E-state index in [4.69, 9.17) is 10.00 Å². The van der Waals surface area contributed by atoms with Gasteiger partial charge >= 0.3 is 0 Å². The van der Waals surface area contributed by atoms with Crippen LogP contribution in [0.3, 0.4) is 0 Å². The molecule has 0 aliphatic rings. The molecule has 0 spiro atoms. The monoisotopic (exact) mass is 262 g/mol. The number of nitriles is 1. The maximum absolute atomic E-state index is 12.4. The Morgan fingerprint density at radius 1 is 1.64 bits per heavy atom. The molecule has 0 unspecified atom stereocenters. The Labute approximate surface area is 87.5 Å². The van der Waals surface area contributed by atoms with Crippen molar-refractivity contribution in [3.05, 3.63) is 21.8 Å². The summed E-state index contributed by atoms with van der Waals surface area (Å²) >= 11 is 2.93. The fourth-order valence-electron chi connectivity index (χ4n) is 0.899. The minimum atomic E-state index is -2.74. The van der Waals surface area contributed by atoms with E-state index < -0.39 is 12.0 Å². The molecule has 0 N–H and O–H groups in total. The van der Waals surface area contributed by atoms with Crippen LogP contribution in [0, 0.1) is 11.3 Å². The van der Waals surface area contributed by atoms with Gasteiger partial charge in [-0.25, -0.2) is 13.8 Å². The Bertz CT molecular complexity index is 390. The molecule has 1 heterocycles. The first-order chi connectivity index (χ1) is 6.60. The number of hydrogen-bond acceptors (Lipinski definition) is 3. The highest BCUT2D eigenvalue weighted by Crippen LogP contribution is 2.31. The van der Waals surface area contributed by atoms with E-state index in [9.17, 15) is 8.78 Å². The Kier molecular flexibility index (Phi) is 3.36. The predicted octanol–water partition coefficient (Wildman–Crippen LogP) is 2.66. The van der Waals surface area contributed by atoms with Gasteiger partial charge in [0.15, 0.2) is 5.69 Å². The smallest absolute Gasteiger partial charge is 0.267 e. The number of alkyl halides is 2. The van der Waals surface area contributed by atoms with Crippen LogP contribution in [0.4, 0.5) is 8.78 Å². The summed E-state index contributed by atoms with van der Waals surface area (Å²) in [6.45, 7) is 0. The lowest BCUT2D eigenvalue weighted by atomic mass is 10.2. The molecule has 0 saturated carbocycles. The third-order valence-corrected chi connectivity index (χ3v) is 2.17. The van der Waals surface area contributed by atoms with Gasteiger partial charge in [-0.1, -0.05) is 15.9 Å². The molecule has 1 aromatic heterocycles. The Morgan fingerprint density at radius 2 is 2.29 bits per heavy atom. The van der Waals surface area contributed by atoms with E-state index in [2.05, 4.69) is 20.9 Å². The summed E-state index contributed by atoms with van der Waals surface area (Å²) in [6.07, 6.45) is -2.74. The second-order valence-corrected chi connectivity index (χ2v) is 3.18. The third-order valence-electron chi connectivity index (χ3n) is 1.52. The quantitative estimate of drug-likeness (QED) is 0.823. The van der Waals surface area contributed by atoms with Crippen molar-refractivity contribution in [3.8, 4) is 11.9 Å². The van der Waals surface area contributed by atoms with E-state index in [1.165, 1.54) is 13.2 Å². The molecule has 3 nitrogen and oxygen atoms in total. The molecule has 6 heteroatoms. The fourth-order valence-corrected chi connectivity index (χ4v) is 1.46. The highest BCUT2D eigenvalue weighted by molar-refractivity contribution is 9.10. The van der Waals surface area contributed by atoms with Crippen LogP contribution >= 0.6 is 15.9 Å². The molecule has 1 aromatic rings. The first-order valence-electron chi connectivity index (χ1n) is 3.52. The van der Waals surface area contributed by atoms with Gasteiger partial charge in [0.2, 0.25) is 5.88 Å². The molecule has 0 radical (unpaired) electrons. The van der Waals surface area contributed by atoms with Crippen molar-refractivity contribution in [1.82, 2.24) is 4.98 Å². The minimum Gasteiger partial charge on any atom is -0.481 e. The van der Waals surface area contributed by atoms with Crippen molar-refractivity contribution in [2.45, 2.75) is 6.43 Å². The number of halogens is 3. The second-order valence-electron chi connectivity index (χ2n) is 2.32. The number of nitrogens with zero attached hydrogens (tertiary/aromatic N) is 2. The van der Waals surface area contributed by atoms with E-state index >= 15 is 0 Å². The largest absolute Gasteiger partial charge is 0.481 e. The lowest BCUT2D eigenvalue weighted by molar-refractivity contribution is 0.149. The minimum absolute atomic E-state index is 0.121. The zero-order valence-electron chi connectivity index (χ0n) is 7.09. The number of hydrogen-bond donors (Lipinski definition) is 0. The van der Waals surface area contributed by atoms with Crippen molar-refractivity contribution < 1.29 is 13.5 Å². The van der Waals surface area contributed by atoms with E-state index in [1.54, 1.807) is 6.07 Å². The van der Waals surface area contributed by atoms with Crippen LogP contribution in [-0.4, -0.2) is 12.1 Å². The fraction of sp³-hybridized carbons (Fsp3) is 0.250. The van der Waals surface area contributed by atoms with Crippen LogP contribution in [0.2, 0.25) is 0 Å². The normalized spacial score (nSPS) is 10.0. The SMILES string of the molecule is COc1cc(Br)c(C(F)F)c(C#N)n1. The zero-order valence-corrected chi connectivity index (χ0v) is 8.68. The number of pyridine rings is 1. The van der Waals surface area contributed by atoms with Crippen LogP contribution in [-0.2, 0) is 0 Å². The van der Waals surface area contributed by atoms with Crippen LogP contribution in [0.5, 0.6) is 5.88 Å². The molecule has 0 atom stereocenters. The second kappa shape index (κ2) is 4.33. The Morgan fingerprint density at radius 3 is 2.71 bits per heavy atom. The number of aromatic nitrogens is 1. The van der Waals surface area contributed by atoms with E-state index in [1.807, 2.05) is 0 Å². The number of rotatable bonds is 2. The molecular formula is C8H5BrF2N2O. The van der Waals surface area contributed by atoms with Gasteiger partial charge in [-0.3, -0.25) is 0 Å². The molecule has 1 rings (SSSR count). The molecular weight excluding hydrogens is 258 g/mol. The van der Waals surface area contributed by atoms with E-state index in [0.717, 1.165) is 0 Å². The van der Waals surface area contributed by atoms with Crippen LogP contribution in [0.15, 0.2) is 10.5 Å². The van der Waals surface area contributed by atoms with Gasteiger partial charge in [0.1, 0.15) is 6.07 Å². The molecule has 0 bridgehead atoms. The van der Waals surface area contributed by atoms with Crippen molar-refractivity contribution in [3.63, 3.8) is 0 Å². The molecule has 0 aliphatic heterocycles. The highest BCUT2D eigenvalue weighted by atomic mass is 79.9. The molecule has 0 saturated heterocycles. The number of methoxy groups -OCH3 is 1. The summed E-state index contributed by atoms with van der Waals surface area (Å²) in [6, 6.07) is 2.89. The van der Waals surface area contributed by atoms with Gasteiger partial charge in [0.05, 0.1) is 12.7 Å². The molecule has 14 heavy (non-hydrogen) atoms. The maximum Gasteiger partial charge on any atom is 0.267 e. The summed E-state index contributed by atoms with van der Waals surface area (Å²) in [4.78, 5) is 3.60. The summed E-state index contributed by atoms with van der Waals surface area (Å²) in [7, 11) is 1.35.